The molecule has 0 aliphatic carbocycles. The number of aliphatic imine (C=N–C) groups is 1. The van der Waals surface area contributed by atoms with Gasteiger partial charge in [0.25, 0.3) is 6.43 Å². The third kappa shape index (κ3) is 4.45. The van der Waals surface area contributed by atoms with Crippen molar-refractivity contribution in [1.82, 2.24) is 4.90 Å². The van der Waals surface area contributed by atoms with Crippen LogP contribution in [0.15, 0.2) is 34.6 Å². The maximum absolute atomic E-state index is 14.0. The van der Waals surface area contributed by atoms with Crippen LogP contribution in [0.4, 0.5) is 14.5 Å². The Morgan fingerprint density at radius 2 is 2.03 bits per heavy atom. The molecule has 0 unspecified atom stereocenters. The monoisotopic (exact) mass is 430 g/mol. The molecule has 1 amide bonds. The quantitative estimate of drug-likeness (QED) is 0.504. The second kappa shape index (κ2) is 9.28. The van der Waals surface area contributed by atoms with Crippen molar-refractivity contribution in [3.8, 4) is 0 Å². The number of halogens is 2. The molecule has 0 atom stereocenters. The highest BCUT2D eigenvalue weighted by Gasteiger charge is 2.30. The van der Waals surface area contributed by atoms with Gasteiger partial charge in [-0.15, -0.1) is 0 Å². The van der Waals surface area contributed by atoms with Gasteiger partial charge >= 0.3 is 0 Å². The van der Waals surface area contributed by atoms with Gasteiger partial charge in [0.05, 0.1) is 6.54 Å². The molecule has 9 heteroatoms. The Bertz CT molecular complexity index is 982. The van der Waals surface area contributed by atoms with Crippen molar-refractivity contribution in [2.45, 2.75) is 32.6 Å². The minimum Gasteiger partial charge on any atom is -0.404 e. The standard InChI is InChI=1S/C22H28F2N6O/c1-13(31)29-7-5-19(26)18(12-29)22(27)30-6-3-4-14-8-16(15(10-25)11-28-2)17(21(23)24)9-20(14)30/h8-11,21,27H,3-7,12,25-26H2,1-2H3/b15-10+,27-22?,28-11?. The van der Waals surface area contributed by atoms with Gasteiger partial charge in [-0.25, -0.2) is 8.78 Å². The maximum atomic E-state index is 14.0. The molecule has 3 rings (SSSR count). The average Bonchev–Trinajstić information content (AvgIpc) is 2.75. The number of nitrogens with two attached hydrogens (primary N) is 2. The van der Waals surface area contributed by atoms with Crippen molar-refractivity contribution in [2.24, 2.45) is 16.5 Å². The maximum Gasteiger partial charge on any atom is 0.264 e. The highest BCUT2D eigenvalue weighted by atomic mass is 19.3. The van der Waals surface area contributed by atoms with Gasteiger partial charge < -0.3 is 21.3 Å². The number of alkyl halides is 2. The summed E-state index contributed by atoms with van der Waals surface area (Å²) >= 11 is 0. The van der Waals surface area contributed by atoms with Crippen LogP contribution in [0.5, 0.6) is 0 Å². The molecular formula is C22H28F2N6O. The lowest BCUT2D eigenvalue weighted by atomic mass is 9.91. The molecule has 0 radical (unpaired) electrons. The zero-order chi connectivity index (χ0) is 22.7. The van der Waals surface area contributed by atoms with E-state index in [1.165, 1.54) is 25.4 Å². The van der Waals surface area contributed by atoms with E-state index in [2.05, 4.69) is 4.99 Å². The Labute approximate surface area is 180 Å². The first-order valence-electron chi connectivity index (χ1n) is 10.2. The molecule has 1 aromatic carbocycles. The Kier molecular flexibility index (Phi) is 6.72. The lowest BCUT2D eigenvalue weighted by Gasteiger charge is -2.36. The molecule has 1 aromatic rings. The molecular weight excluding hydrogens is 402 g/mol. The zero-order valence-electron chi connectivity index (χ0n) is 17.8. The van der Waals surface area contributed by atoms with E-state index in [0.29, 0.717) is 54.0 Å². The molecule has 0 aromatic heterocycles. The summed E-state index contributed by atoms with van der Waals surface area (Å²) in [5.41, 5.74) is 15.0. The summed E-state index contributed by atoms with van der Waals surface area (Å²) in [5.74, 6) is 0.0715. The van der Waals surface area contributed by atoms with Crippen molar-refractivity contribution >= 4 is 29.2 Å². The van der Waals surface area contributed by atoms with Gasteiger partial charge in [0, 0.05) is 74.0 Å². The number of hydrogen-bond acceptors (Lipinski definition) is 5. The normalized spacial score (nSPS) is 17.5. The summed E-state index contributed by atoms with van der Waals surface area (Å²) in [4.78, 5) is 19.1. The van der Waals surface area contributed by atoms with E-state index in [9.17, 15) is 13.6 Å². The molecule has 0 saturated heterocycles. The van der Waals surface area contributed by atoms with Crippen LogP contribution in [0.3, 0.4) is 0 Å². The van der Waals surface area contributed by atoms with E-state index >= 15 is 0 Å². The van der Waals surface area contributed by atoms with Crippen LogP contribution in [-0.2, 0) is 11.2 Å². The van der Waals surface area contributed by atoms with E-state index in [4.69, 9.17) is 16.9 Å². The van der Waals surface area contributed by atoms with Gasteiger partial charge in [-0.05, 0) is 36.1 Å². The molecule has 31 heavy (non-hydrogen) atoms. The smallest absolute Gasteiger partial charge is 0.264 e. The topological polar surface area (TPSA) is 112 Å². The van der Waals surface area contributed by atoms with Gasteiger partial charge in [0.2, 0.25) is 5.91 Å². The number of amidine groups is 1. The van der Waals surface area contributed by atoms with E-state index < -0.39 is 6.43 Å². The SMILES string of the molecule is CN=C/C(=C\N)c1cc2c(cc1C(F)F)N(C(=N)C1=C(N)CCN(C(C)=O)C1)CCC2. The molecule has 166 valence electrons. The van der Waals surface area contributed by atoms with E-state index in [1.807, 2.05) is 0 Å². The highest BCUT2D eigenvalue weighted by molar-refractivity contribution is 6.12. The number of nitrogens with zero attached hydrogens (tertiary/aromatic N) is 3. The highest BCUT2D eigenvalue weighted by Crippen LogP contribution is 2.37. The number of nitrogens with one attached hydrogen (secondary N) is 1. The van der Waals surface area contributed by atoms with Crippen molar-refractivity contribution in [1.29, 1.82) is 5.41 Å². The molecule has 2 aliphatic heterocycles. The number of benzene rings is 1. The van der Waals surface area contributed by atoms with Crippen LogP contribution in [-0.4, -0.2) is 49.5 Å². The van der Waals surface area contributed by atoms with E-state index in [-0.39, 0.29) is 23.9 Å². The van der Waals surface area contributed by atoms with Crippen molar-refractivity contribution in [3.05, 3.63) is 46.3 Å². The van der Waals surface area contributed by atoms with Crippen LogP contribution < -0.4 is 16.4 Å². The summed E-state index contributed by atoms with van der Waals surface area (Å²) in [6.45, 7) is 2.76. The second-order valence-corrected chi connectivity index (χ2v) is 7.68. The number of aryl methyl sites for hydroxylation is 1. The van der Waals surface area contributed by atoms with Gasteiger partial charge in [0.15, 0.2) is 0 Å². The predicted octanol–water partition coefficient (Wildman–Crippen LogP) is 2.82. The minimum atomic E-state index is -2.72. The van der Waals surface area contributed by atoms with Crippen LogP contribution in [0.25, 0.3) is 5.57 Å². The van der Waals surface area contributed by atoms with Gasteiger partial charge in [-0.1, -0.05) is 0 Å². The first-order valence-corrected chi connectivity index (χ1v) is 10.2. The third-order valence-electron chi connectivity index (χ3n) is 5.75. The van der Waals surface area contributed by atoms with Crippen molar-refractivity contribution in [2.75, 3.05) is 31.6 Å². The fourth-order valence-corrected chi connectivity index (χ4v) is 4.09. The molecule has 2 aliphatic rings. The molecule has 0 bridgehead atoms. The Balaban J connectivity index is 2.05. The molecule has 0 saturated carbocycles. The first-order chi connectivity index (χ1) is 14.8. The third-order valence-corrected chi connectivity index (χ3v) is 5.75. The lowest BCUT2D eigenvalue weighted by Crippen LogP contribution is -2.44. The number of amides is 1. The number of fused-ring (bicyclic) bond motifs is 1. The van der Waals surface area contributed by atoms with E-state index in [0.717, 1.165) is 12.0 Å². The number of carbonyl (C=O) groups is 1. The Hall–Kier alpha value is -3.23. The summed E-state index contributed by atoms with van der Waals surface area (Å²) in [6, 6.07) is 3.16. The Morgan fingerprint density at radius 1 is 1.29 bits per heavy atom. The Morgan fingerprint density at radius 3 is 2.65 bits per heavy atom. The summed E-state index contributed by atoms with van der Waals surface area (Å²) in [5, 5.41) is 8.80. The van der Waals surface area contributed by atoms with Gasteiger partial charge in [0.1, 0.15) is 5.84 Å². The second-order valence-electron chi connectivity index (χ2n) is 7.68. The first kappa shape index (κ1) is 22.5. The molecule has 0 spiro atoms. The fourth-order valence-electron chi connectivity index (χ4n) is 4.09. The number of rotatable bonds is 4. The minimum absolute atomic E-state index is 0.0832. The number of allylic oxidation sites excluding steroid dienone is 1. The molecule has 5 N–H and O–H groups in total. The zero-order valence-corrected chi connectivity index (χ0v) is 17.8. The molecule has 7 nitrogen and oxygen atoms in total. The van der Waals surface area contributed by atoms with Crippen LogP contribution >= 0.6 is 0 Å². The summed E-state index contributed by atoms with van der Waals surface area (Å²) in [7, 11) is 1.56. The number of carbonyl (C=O) groups excluding carboxylic acids is 1. The van der Waals surface area contributed by atoms with Crippen LogP contribution in [0.2, 0.25) is 0 Å². The van der Waals surface area contributed by atoms with Crippen LogP contribution in [0, 0.1) is 5.41 Å². The molecule has 2 heterocycles. The molecule has 0 fully saturated rings. The van der Waals surface area contributed by atoms with Crippen molar-refractivity contribution < 1.29 is 13.6 Å². The average molecular weight is 431 g/mol. The summed E-state index contributed by atoms with van der Waals surface area (Å²) < 4.78 is 27.9. The van der Waals surface area contributed by atoms with E-state index in [1.54, 1.807) is 22.9 Å². The number of anilines is 1. The van der Waals surface area contributed by atoms with Crippen LogP contribution in [0.1, 0.15) is 42.9 Å². The lowest BCUT2D eigenvalue weighted by molar-refractivity contribution is -0.128. The fraction of sp³-hybridized carbons (Fsp3) is 0.409. The number of hydrogen-bond donors (Lipinski definition) is 3. The summed E-state index contributed by atoms with van der Waals surface area (Å²) in [6.07, 6.45) is 1.96. The van der Waals surface area contributed by atoms with Crippen molar-refractivity contribution in [3.63, 3.8) is 0 Å². The predicted molar refractivity (Wildman–Crippen MR) is 119 cm³/mol. The van der Waals surface area contributed by atoms with Gasteiger partial charge in [-0.2, -0.15) is 0 Å². The largest absolute Gasteiger partial charge is 0.404 e. The van der Waals surface area contributed by atoms with Gasteiger partial charge in [-0.3, -0.25) is 15.2 Å².